The van der Waals surface area contributed by atoms with Crippen molar-refractivity contribution in [3.8, 4) is 0 Å². The van der Waals surface area contributed by atoms with Crippen LogP contribution < -0.4 is 22.9 Å². The summed E-state index contributed by atoms with van der Waals surface area (Å²) in [5, 5.41) is 41.1. The molecule has 12 nitrogen and oxygen atoms in total. The molecule has 0 radical (unpaired) electrons. The van der Waals surface area contributed by atoms with Gasteiger partial charge in [0.15, 0.2) is 0 Å². The van der Waals surface area contributed by atoms with Gasteiger partial charge >= 0.3 is 21.1 Å². The van der Waals surface area contributed by atoms with Crippen LogP contribution in [0.4, 0.5) is 0 Å². The fraction of sp³-hybridized carbons (Fsp3) is 0. The molecule has 0 aromatic carbocycles. The van der Waals surface area contributed by atoms with Crippen molar-refractivity contribution in [1.82, 2.24) is 0 Å². The summed E-state index contributed by atoms with van der Waals surface area (Å²) in [4.78, 5) is 0. The third-order valence-electron chi connectivity index (χ3n) is 0.956. The van der Waals surface area contributed by atoms with Crippen molar-refractivity contribution < 1.29 is 41.9 Å². The van der Waals surface area contributed by atoms with Crippen LogP contribution in [0.3, 0.4) is 0 Å². The van der Waals surface area contributed by atoms with E-state index in [9.17, 15) is 0 Å². The van der Waals surface area contributed by atoms with Crippen molar-refractivity contribution in [1.29, 1.82) is 0 Å². The second kappa shape index (κ2) is 11.8. The zero-order valence-electron chi connectivity index (χ0n) is 8.20. The normalized spacial score (nSPS) is 13.2. The number of hydrogen-bond acceptors (Lipinski definition) is 8. The first-order chi connectivity index (χ1) is 7.44. The summed E-state index contributed by atoms with van der Waals surface area (Å²) in [5.41, 5.74) is 19.2. The SMILES string of the molecule is NC(=N\O)/C(N)=N/O.NC(=N\O)/C(N)=N/O.[Pt+2]. The van der Waals surface area contributed by atoms with Crippen LogP contribution in [-0.4, -0.2) is 44.2 Å². The first kappa shape index (κ1) is 20.2. The first-order valence-electron chi connectivity index (χ1n) is 3.35. The van der Waals surface area contributed by atoms with Crippen molar-refractivity contribution in [2.75, 3.05) is 0 Å². The first-order valence-corrected chi connectivity index (χ1v) is 3.35. The van der Waals surface area contributed by atoms with Crippen LogP contribution in [0.1, 0.15) is 0 Å². The molecule has 0 amide bonds. The predicted molar refractivity (Wildman–Crippen MR) is 53.6 cm³/mol. The number of rotatable bonds is 0. The number of amidine groups is 4. The summed E-state index contributed by atoms with van der Waals surface area (Å²) in [7, 11) is 0. The number of hydrogen-bond donors (Lipinski definition) is 8. The van der Waals surface area contributed by atoms with Crippen molar-refractivity contribution >= 4 is 23.3 Å². The van der Waals surface area contributed by atoms with Crippen LogP contribution in [0.15, 0.2) is 20.6 Å². The summed E-state index contributed by atoms with van der Waals surface area (Å²) < 4.78 is 0. The van der Waals surface area contributed by atoms with E-state index in [1.54, 1.807) is 0 Å². The Bertz CT molecular complexity index is 261. The molecule has 17 heavy (non-hydrogen) atoms. The Kier molecular flexibility index (Phi) is 14.1. The minimum Gasteiger partial charge on any atom is -0.409 e. The fourth-order valence-electron chi connectivity index (χ4n) is 0.205. The summed E-state index contributed by atoms with van der Waals surface area (Å²) >= 11 is 0. The average Bonchev–Trinajstić information content (AvgIpc) is 2.35. The summed E-state index contributed by atoms with van der Waals surface area (Å²) in [6, 6.07) is 0. The molecule has 13 heteroatoms. The molecule has 12 N–H and O–H groups in total. The molecule has 0 spiro atoms. The Morgan fingerprint density at radius 1 is 0.529 bits per heavy atom. The largest absolute Gasteiger partial charge is 2.00 e. The summed E-state index contributed by atoms with van der Waals surface area (Å²) in [5.74, 6) is -1.64. The molecule has 0 aliphatic carbocycles. The fourth-order valence-corrected chi connectivity index (χ4v) is 0.205. The van der Waals surface area contributed by atoms with E-state index in [2.05, 4.69) is 20.6 Å². The molecule has 100 valence electrons. The zero-order chi connectivity index (χ0) is 13.1. The van der Waals surface area contributed by atoms with E-state index < -0.39 is 23.3 Å². The number of nitrogens with two attached hydrogens (primary N) is 4. The van der Waals surface area contributed by atoms with Crippen LogP contribution >= 0.6 is 0 Å². The summed E-state index contributed by atoms with van der Waals surface area (Å²) in [6.07, 6.45) is 0. The van der Waals surface area contributed by atoms with Crippen LogP contribution in [0.2, 0.25) is 0 Å². The molecule has 0 fully saturated rings. The third-order valence-corrected chi connectivity index (χ3v) is 0.956. The second-order valence-corrected chi connectivity index (χ2v) is 1.94. The molecule has 0 aliphatic heterocycles. The van der Waals surface area contributed by atoms with Gasteiger partial charge in [-0.3, -0.25) is 0 Å². The van der Waals surface area contributed by atoms with Gasteiger partial charge in [-0.1, -0.05) is 20.6 Å². The Morgan fingerprint density at radius 2 is 0.647 bits per heavy atom. The molecule has 0 rings (SSSR count). The molecule has 0 bridgehead atoms. The van der Waals surface area contributed by atoms with Crippen molar-refractivity contribution in [3.63, 3.8) is 0 Å². The van der Waals surface area contributed by atoms with Crippen LogP contribution in [0, 0.1) is 0 Å². The van der Waals surface area contributed by atoms with Crippen molar-refractivity contribution in [2.24, 2.45) is 43.6 Å². The van der Waals surface area contributed by atoms with Crippen LogP contribution in [-0.2, 0) is 21.1 Å². The molecular weight excluding hydrogens is 419 g/mol. The van der Waals surface area contributed by atoms with Gasteiger partial charge in [0.2, 0.25) is 23.3 Å². The molecule has 0 saturated carbocycles. The quantitative estimate of drug-likeness (QED) is 0.0847. The maximum atomic E-state index is 7.83. The predicted octanol–water partition coefficient (Wildman–Crippen LogP) is -3.04. The van der Waals surface area contributed by atoms with Gasteiger partial charge in [0.25, 0.3) is 0 Å². The molecule has 0 aromatic heterocycles. The van der Waals surface area contributed by atoms with Gasteiger partial charge in [-0.15, -0.1) is 0 Å². The van der Waals surface area contributed by atoms with E-state index in [1.807, 2.05) is 0 Å². The number of oxime groups is 4. The van der Waals surface area contributed by atoms with Gasteiger partial charge in [0.1, 0.15) is 0 Å². The van der Waals surface area contributed by atoms with Crippen LogP contribution in [0.5, 0.6) is 0 Å². The van der Waals surface area contributed by atoms with E-state index in [1.165, 1.54) is 0 Å². The maximum Gasteiger partial charge on any atom is 2.00 e. The zero-order valence-corrected chi connectivity index (χ0v) is 10.5. The standard InChI is InChI=1S/2C2H6N4O2.Pt/c2*3-1(5-7)2(4)6-8;/h2*7-8H,(H2,3,5)(H2,4,6);/q;;+2. The third kappa shape index (κ3) is 10.1. The van der Waals surface area contributed by atoms with Crippen molar-refractivity contribution in [3.05, 3.63) is 0 Å². The Labute approximate surface area is 109 Å². The van der Waals surface area contributed by atoms with Gasteiger partial charge in [0.05, 0.1) is 0 Å². The van der Waals surface area contributed by atoms with E-state index in [0.717, 1.165) is 0 Å². The van der Waals surface area contributed by atoms with E-state index in [4.69, 9.17) is 43.8 Å². The van der Waals surface area contributed by atoms with Gasteiger partial charge in [-0.2, -0.15) is 0 Å². The minimum absolute atomic E-state index is 0. The minimum atomic E-state index is -0.410. The Balaban J connectivity index is -0.000000218. The smallest absolute Gasteiger partial charge is 0.409 e. The van der Waals surface area contributed by atoms with E-state index in [-0.39, 0.29) is 21.1 Å². The molecule has 0 unspecified atom stereocenters. The van der Waals surface area contributed by atoms with Gasteiger partial charge in [0, 0.05) is 0 Å². The van der Waals surface area contributed by atoms with Gasteiger partial charge in [-0.05, 0) is 0 Å². The van der Waals surface area contributed by atoms with Gasteiger partial charge in [-0.25, -0.2) is 0 Å². The monoisotopic (exact) mass is 431 g/mol. The summed E-state index contributed by atoms with van der Waals surface area (Å²) in [6.45, 7) is 0. The van der Waals surface area contributed by atoms with Gasteiger partial charge < -0.3 is 43.8 Å². The molecule has 0 atom stereocenters. The topological polar surface area (TPSA) is 234 Å². The molecule has 0 aromatic rings. The Morgan fingerprint density at radius 3 is 0.706 bits per heavy atom. The number of nitrogens with zero attached hydrogens (tertiary/aromatic N) is 4. The average molecular weight is 431 g/mol. The van der Waals surface area contributed by atoms with Crippen molar-refractivity contribution in [2.45, 2.75) is 0 Å². The molecule has 0 saturated heterocycles. The van der Waals surface area contributed by atoms with Crippen LogP contribution in [0.25, 0.3) is 0 Å². The molecular formula is C4H12N8O4Pt+2. The molecule has 0 heterocycles. The maximum absolute atomic E-state index is 7.83. The molecule has 0 aliphatic rings. The van der Waals surface area contributed by atoms with E-state index >= 15 is 0 Å². The second-order valence-electron chi connectivity index (χ2n) is 1.94. The Hall–Kier alpha value is -2.23. The van der Waals surface area contributed by atoms with E-state index in [0.29, 0.717) is 0 Å².